The lowest BCUT2D eigenvalue weighted by molar-refractivity contribution is -0.137. The molecule has 5 nitrogen and oxygen atoms in total. The van der Waals surface area contributed by atoms with E-state index in [0.717, 1.165) is 35.2 Å². The van der Waals surface area contributed by atoms with Gasteiger partial charge in [-0.2, -0.15) is 13.2 Å². The lowest BCUT2D eigenvalue weighted by atomic mass is 10.0. The van der Waals surface area contributed by atoms with Crippen LogP contribution in [-0.2, 0) is 11.0 Å². The van der Waals surface area contributed by atoms with Crippen LogP contribution in [0.2, 0.25) is 5.02 Å². The van der Waals surface area contributed by atoms with E-state index in [0.29, 0.717) is 21.0 Å². The molecule has 1 aliphatic rings. The summed E-state index contributed by atoms with van der Waals surface area (Å²) in [6.45, 7) is 0. The van der Waals surface area contributed by atoms with Gasteiger partial charge in [-0.15, -0.1) is 11.3 Å². The van der Waals surface area contributed by atoms with Gasteiger partial charge in [0.1, 0.15) is 10.6 Å². The summed E-state index contributed by atoms with van der Waals surface area (Å²) in [5.74, 6) is -1.78. The van der Waals surface area contributed by atoms with E-state index < -0.39 is 29.0 Å². The van der Waals surface area contributed by atoms with Crippen molar-refractivity contribution in [1.82, 2.24) is 0 Å². The highest BCUT2D eigenvalue weighted by atomic mass is 35.5. The largest absolute Gasteiger partial charge is 0.478 e. The maximum Gasteiger partial charge on any atom is 0.416 e. The van der Waals surface area contributed by atoms with Gasteiger partial charge in [-0.3, -0.25) is 4.79 Å². The molecule has 0 bridgehead atoms. The maximum atomic E-state index is 12.9. The van der Waals surface area contributed by atoms with Crippen LogP contribution >= 0.6 is 34.7 Å². The predicted octanol–water partition coefficient (Wildman–Crippen LogP) is 6.27. The van der Waals surface area contributed by atoms with Crippen molar-refractivity contribution in [2.45, 2.75) is 16.4 Å². The summed E-state index contributed by atoms with van der Waals surface area (Å²) < 4.78 is 38.7. The number of hydrogen-bond donors (Lipinski definition) is 3. The number of thiophene rings is 1. The molecule has 31 heavy (non-hydrogen) atoms. The lowest BCUT2D eigenvalue weighted by Crippen LogP contribution is -2.29. The van der Waals surface area contributed by atoms with Crippen LogP contribution in [0.3, 0.4) is 0 Å². The van der Waals surface area contributed by atoms with Gasteiger partial charge in [-0.1, -0.05) is 35.5 Å². The van der Waals surface area contributed by atoms with Gasteiger partial charge >= 0.3 is 12.1 Å². The van der Waals surface area contributed by atoms with Crippen molar-refractivity contribution in [2.75, 3.05) is 10.6 Å². The first-order chi connectivity index (χ1) is 14.6. The predicted molar refractivity (Wildman–Crippen MR) is 115 cm³/mol. The SMILES string of the molecule is O=C(O)c1c(-c2ccc(Cl)cc2)csc1NC(=O)C1Nc2cc(C(F)(F)F)ccc2S1. The van der Waals surface area contributed by atoms with Crippen LogP contribution in [0.4, 0.5) is 23.9 Å². The highest BCUT2D eigenvalue weighted by Crippen LogP contribution is 2.43. The van der Waals surface area contributed by atoms with Gasteiger partial charge in [-0.05, 0) is 35.9 Å². The van der Waals surface area contributed by atoms with E-state index in [9.17, 15) is 27.9 Å². The zero-order valence-electron chi connectivity index (χ0n) is 15.3. The minimum Gasteiger partial charge on any atom is -0.478 e. The molecule has 1 unspecified atom stereocenters. The Labute approximate surface area is 187 Å². The van der Waals surface area contributed by atoms with Crippen molar-refractivity contribution < 1.29 is 27.9 Å². The van der Waals surface area contributed by atoms with Crippen LogP contribution in [0, 0.1) is 0 Å². The minimum atomic E-state index is -4.49. The molecule has 11 heteroatoms. The van der Waals surface area contributed by atoms with Gasteiger partial charge in [0, 0.05) is 26.5 Å². The van der Waals surface area contributed by atoms with E-state index in [4.69, 9.17) is 11.6 Å². The number of carbonyl (C=O) groups is 2. The Bertz CT molecular complexity index is 1180. The second-order valence-corrected chi connectivity index (χ2v) is 8.97. The number of anilines is 2. The third-order valence-corrected chi connectivity index (χ3v) is 6.80. The number of nitrogens with one attached hydrogen (secondary N) is 2. The second kappa shape index (κ2) is 8.10. The number of thioether (sulfide) groups is 1. The van der Waals surface area contributed by atoms with Crippen LogP contribution in [0.1, 0.15) is 15.9 Å². The Balaban J connectivity index is 1.55. The first-order valence-electron chi connectivity index (χ1n) is 8.69. The van der Waals surface area contributed by atoms with Crippen molar-refractivity contribution in [2.24, 2.45) is 0 Å². The Morgan fingerprint density at radius 3 is 2.48 bits per heavy atom. The first-order valence-corrected chi connectivity index (χ1v) is 10.8. The summed E-state index contributed by atoms with van der Waals surface area (Å²) in [6.07, 6.45) is -4.49. The molecule has 2 heterocycles. The molecule has 0 saturated heterocycles. The summed E-state index contributed by atoms with van der Waals surface area (Å²) >= 11 is 7.98. The quantitative estimate of drug-likeness (QED) is 0.407. The molecule has 1 amide bonds. The number of benzene rings is 2. The van der Waals surface area contributed by atoms with E-state index in [2.05, 4.69) is 10.6 Å². The zero-order valence-corrected chi connectivity index (χ0v) is 17.7. The lowest BCUT2D eigenvalue weighted by Gasteiger charge is -2.11. The second-order valence-electron chi connectivity index (χ2n) is 6.51. The van der Waals surface area contributed by atoms with Crippen LogP contribution < -0.4 is 10.6 Å². The van der Waals surface area contributed by atoms with Gasteiger partial charge in [0.05, 0.1) is 5.56 Å². The van der Waals surface area contributed by atoms with E-state index in [1.54, 1.807) is 29.6 Å². The summed E-state index contributed by atoms with van der Waals surface area (Å²) in [6, 6.07) is 9.80. The fraction of sp³-hybridized carbons (Fsp3) is 0.100. The summed E-state index contributed by atoms with van der Waals surface area (Å²) in [4.78, 5) is 25.1. The van der Waals surface area contributed by atoms with Crippen LogP contribution in [0.25, 0.3) is 11.1 Å². The molecule has 160 valence electrons. The zero-order chi connectivity index (χ0) is 22.3. The van der Waals surface area contributed by atoms with Crippen molar-refractivity contribution in [3.05, 3.63) is 64.0 Å². The average Bonchev–Trinajstić information content (AvgIpc) is 3.31. The van der Waals surface area contributed by atoms with Gasteiger partial charge in [0.2, 0.25) is 0 Å². The first kappa shape index (κ1) is 21.5. The molecule has 3 aromatic rings. The highest BCUT2D eigenvalue weighted by molar-refractivity contribution is 8.01. The molecule has 4 rings (SSSR count). The number of alkyl halides is 3. The Hall–Kier alpha value is -2.69. The number of carboxylic acids is 1. The molecule has 1 aliphatic heterocycles. The van der Waals surface area contributed by atoms with Gasteiger partial charge in [-0.25, -0.2) is 4.79 Å². The maximum absolute atomic E-state index is 12.9. The molecule has 2 aromatic carbocycles. The van der Waals surface area contributed by atoms with Gasteiger partial charge in [0.25, 0.3) is 5.91 Å². The number of rotatable bonds is 4. The molecule has 0 aliphatic carbocycles. The molecule has 0 radical (unpaired) electrons. The van der Waals surface area contributed by atoms with E-state index in [-0.39, 0.29) is 16.3 Å². The summed E-state index contributed by atoms with van der Waals surface area (Å²) in [5.41, 5.74) is 0.361. The fourth-order valence-corrected chi connectivity index (χ4v) is 5.11. The number of fused-ring (bicyclic) bond motifs is 1. The number of hydrogen-bond acceptors (Lipinski definition) is 5. The average molecular weight is 485 g/mol. The molecular weight excluding hydrogens is 473 g/mol. The third kappa shape index (κ3) is 4.36. The topological polar surface area (TPSA) is 78.4 Å². The molecule has 1 atom stereocenters. The number of amides is 1. The van der Waals surface area contributed by atoms with E-state index in [1.807, 2.05) is 0 Å². The van der Waals surface area contributed by atoms with Gasteiger partial charge in [0.15, 0.2) is 5.37 Å². The van der Waals surface area contributed by atoms with Crippen molar-refractivity contribution in [1.29, 1.82) is 0 Å². The summed E-state index contributed by atoms with van der Waals surface area (Å²) in [7, 11) is 0. The van der Waals surface area contributed by atoms with Crippen LogP contribution in [-0.4, -0.2) is 22.4 Å². The normalized spacial score (nSPS) is 15.3. The molecule has 0 saturated carbocycles. The van der Waals surface area contributed by atoms with Crippen LogP contribution in [0.5, 0.6) is 0 Å². The number of carboxylic acid groups (broad SMARTS) is 1. The number of carbonyl (C=O) groups excluding carboxylic acids is 1. The minimum absolute atomic E-state index is 0.0689. The Morgan fingerprint density at radius 2 is 1.84 bits per heavy atom. The van der Waals surface area contributed by atoms with Crippen molar-refractivity contribution in [3.8, 4) is 11.1 Å². The van der Waals surface area contributed by atoms with Gasteiger partial charge < -0.3 is 15.7 Å². The molecular formula is C20H12ClF3N2O3S2. The Kier molecular flexibility index (Phi) is 5.63. The molecule has 0 spiro atoms. The summed E-state index contributed by atoms with van der Waals surface area (Å²) in [5, 5.41) is 16.4. The van der Waals surface area contributed by atoms with Crippen molar-refractivity contribution in [3.63, 3.8) is 0 Å². The fourth-order valence-electron chi connectivity index (χ4n) is 3.02. The monoisotopic (exact) mass is 484 g/mol. The highest BCUT2D eigenvalue weighted by Gasteiger charge is 2.34. The molecule has 3 N–H and O–H groups in total. The third-order valence-electron chi connectivity index (χ3n) is 4.47. The smallest absolute Gasteiger partial charge is 0.416 e. The Morgan fingerprint density at radius 1 is 1.13 bits per heavy atom. The number of aromatic carboxylic acids is 1. The van der Waals surface area contributed by atoms with E-state index in [1.165, 1.54) is 6.07 Å². The molecule has 1 aromatic heterocycles. The van der Waals surface area contributed by atoms with Crippen LogP contribution in [0.15, 0.2) is 52.7 Å². The number of halogens is 4. The van der Waals surface area contributed by atoms with E-state index >= 15 is 0 Å². The van der Waals surface area contributed by atoms with Crippen molar-refractivity contribution >= 4 is 57.3 Å². The standard InChI is InChI=1S/C20H12ClF3N2O3S2/c21-11-4-1-9(2-5-11)12-8-30-17(15(12)19(28)29)26-16(27)18-25-13-7-10(20(22,23)24)3-6-14(13)31-18/h1-8,18,25H,(H,26,27)(H,28,29). The molecule has 0 fully saturated rings.